The van der Waals surface area contributed by atoms with Crippen molar-refractivity contribution in [3.8, 4) is 11.5 Å². The van der Waals surface area contributed by atoms with Gasteiger partial charge in [-0.15, -0.1) is 0 Å². The smallest absolute Gasteiger partial charge is 0.0622 e. The monoisotopic (exact) mass is 1350 g/mol. The van der Waals surface area contributed by atoms with Crippen LogP contribution in [-0.2, 0) is 0 Å². The Hall–Kier alpha value is -8.42. The summed E-state index contributed by atoms with van der Waals surface area (Å²) < 4.78 is 15.3. The first kappa shape index (κ1) is 70.9. The van der Waals surface area contributed by atoms with Crippen molar-refractivity contribution in [1.29, 1.82) is 0 Å². The van der Waals surface area contributed by atoms with Crippen LogP contribution in [0.4, 0.5) is 0 Å². The maximum atomic E-state index is 5.59. The Morgan fingerprint density at radius 3 is 0.643 bits per heavy atom. The summed E-state index contributed by atoms with van der Waals surface area (Å²) in [4.78, 5) is 0. The third-order valence-electron chi connectivity index (χ3n) is 21.7. The molecule has 2 nitrogen and oxygen atoms in total. The minimum absolute atomic E-state index is 0.388. The van der Waals surface area contributed by atoms with Crippen LogP contribution in [0.3, 0.4) is 0 Å². The molecule has 502 valence electrons. The van der Waals surface area contributed by atoms with E-state index in [0.717, 1.165) is 50.0 Å². The molecule has 0 aromatic heterocycles. The van der Waals surface area contributed by atoms with E-state index in [0.29, 0.717) is 53.3 Å². The molecule has 0 heterocycles. The van der Waals surface area contributed by atoms with Gasteiger partial charge in [0.2, 0.25) is 0 Å². The molecule has 98 heavy (non-hydrogen) atoms. The van der Waals surface area contributed by atoms with Crippen LogP contribution in [0.2, 0.25) is 0 Å². The van der Waals surface area contributed by atoms with Crippen LogP contribution in [0.5, 0.6) is 11.5 Å². The van der Waals surface area contributed by atoms with E-state index in [1.807, 2.05) is 0 Å². The van der Waals surface area contributed by atoms with Crippen molar-refractivity contribution < 1.29 is 9.47 Å². The molecule has 0 aliphatic rings. The molecule has 3 heteroatoms. The predicted molar refractivity (Wildman–Crippen MR) is 419 cm³/mol. The first-order valence-corrected chi connectivity index (χ1v) is 39.8. The average molecular weight is 1350 g/mol. The Morgan fingerprint density at radius 2 is 0.418 bits per heavy atom. The van der Waals surface area contributed by atoms with E-state index in [1.165, 1.54) is 127 Å². The zero-order valence-corrected chi connectivity index (χ0v) is 60.7. The average Bonchev–Trinajstić information content (AvgIpc) is 0.843. The fraction of sp³-hybridized carbons (Fsp3) is 0.305. The molecular formula is C95H105AsO2. The molecule has 0 fully saturated rings. The van der Waals surface area contributed by atoms with Gasteiger partial charge in [0.05, 0.1) is 0 Å². The number of hydrogen-bond donors (Lipinski definition) is 0. The minimum atomic E-state index is -1.87. The predicted octanol–water partition coefficient (Wildman–Crippen LogP) is 23.9. The van der Waals surface area contributed by atoms with E-state index in [9.17, 15) is 0 Å². The third kappa shape index (κ3) is 20.6. The third-order valence-corrected chi connectivity index (χ3v) is 26.9. The molecule has 0 radical (unpaired) electrons. The van der Waals surface area contributed by atoms with Gasteiger partial charge in [-0.3, -0.25) is 0 Å². The van der Waals surface area contributed by atoms with Gasteiger partial charge in [0, 0.05) is 0 Å². The van der Waals surface area contributed by atoms with Crippen molar-refractivity contribution >= 4 is 27.7 Å². The molecule has 0 N–H and O–H groups in total. The molecule has 0 saturated carbocycles. The van der Waals surface area contributed by atoms with E-state index in [-0.39, 0.29) is 0 Å². The van der Waals surface area contributed by atoms with Gasteiger partial charge in [-0.1, -0.05) is 207 Å². The van der Waals surface area contributed by atoms with Gasteiger partial charge in [-0.25, -0.2) is 0 Å². The molecule has 0 aliphatic carbocycles. The van der Waals surface area contributed by atoms with E-state index >= 15 is 0 Å². The van der Waals surface area contributed by atoms with Crippen LogP contribution < -0.4 is 22.5 Å². The zero-order valence-electron chi connectivity index (χ0n) is 58.8. The summed E-state index contributed by atoms with van der Waals surface area (Å²) in [5.74, 6) is 6.06. The Kier molecular flexibility index (Phi) is 27.5. The number of ether oxygens (including phenoxy) is 2. The first-order valence-electron chi connectivity index (χ1n) is 37.0. The van der Waals surface area contributed by atoms with Crippen molar-refractivity contribution in [3.05, 3.63) is 366 Å². The summed E-state index contributed by atoms with van der Waals surface area (Å²) in [6, 6.07) is 119. The molecule has 0 bridgehead atoms. The number of hydrogen-bond acceptors (Lipinski definition) is 2. The summed E-state index contributed by atoms with van der Waals surface area (Å²) in [6.07, 6.45) is 18.7. The van der Waals surface area contributed by atoms with Gasteiger partial charge in [0.1, 0.15) is 0 Å². The van der Waals surface area contributed by atoms with Crippen molar-refractivity contribution in [3.63, 3.8) is 0 Å². The maximum absolute atomic E-state index is 5.59. The molecule has 0 saturated heterocycles. The van der Waals surface area contributed by atoms with Crippen molar-refractivity contribution in [2.45, 2.75) is 170 Å². The second kappa shape index (κ2) is 38.1. The topological polar surface area (TPSA) is 18.5 Å². The van der Waals surface area contributed by atoms with Gasteiger partial charge < -0.3 is 0 Å². The molecule has 11 aromatic carbocycles. The molecule has 9 unspecified atom stereocenters. The summed E-state index contributed by atoms with van der Waals surface area (Å²) in [5.41, 5.74) is 13.3. The normalized spacial score (nSPS) is 14.3. The standard InChI is InChI=1S/C95H105AsO2/c1-5-74(76-30-14-6-15-31-76)46-47-84(77-32-16-7-17-33-77)48-49-85(78-34-18-8-19-35-78)50-51-86(79-36-20-9-21-37-79)52-53-87(80-38-22-10-23-39-80)54-55-88(81-40-24-11-25-41-81)56-57-89(82-42-26-12-27-43-82)58-59-90(83-44-28-13-29-45-83)72-73(2)75-60-62-91(63-61-75)96(92-64-68-94(97-3)69-65-92)93-66-70-95(98-4)71-67-93/h6-45,60-71,73-74,84-90H,5,46-59,72H2,1-4H3. The van der Waals surface area contributed by atoms with Gasteiger partial charge in [0.25, 0.3) is 0 Å². The van der Waals surface area contributed by atoms with Gasteiger partial charge in [-0.05, 0) is 140 Å². The van der Waals surface area contributed by atoms with E-state index in [4.69, 9.17) is 9.47 Å². The van der Waals surface area contributed by atoms with Crippen LogP contribution >= 0.6 is 0 Å². The fourth-order valence-electron chi connectivity index (χ4n) is 15.9. The SMILES string of the molecule is CCC(CCC(CCC(CCC(CCC(CCC(CCC(CCC(CC(C)c1ccc([As](c2ccc(OC)cc2)c2ccc(OC)cc2)cc1)c1ccccc1)c1ccccc1)c1ccccc1)c1ccccc1)c1ccccc1)c1ccccc1)c1ccccc1)c1ccccc1. The van der Waals surface area contributed by atoms with Crippen molar-refractivity contribution in [2.24, 2.45) is 0 Å². The van der Waals surface area contributed by atoms with E-state index in [2.05, 4.69) is 329 Å². The Balaban J connectivity index is 0.781. The summed E-state index contributed by atoms with van der Waals surface area (Å²) in [6.45, 7) is 4.83. The van der Waals surface area contributed by atoms with Crippen molar-refractivity contribution in [2.75, 3.05) is 14.2 Å². The Labute approximate surface area is 594 Å². The summed E-state index contributed by atoms with van der Waals surface area (Å²) >= 11 is -1.87. The van der Waals surface area contributed by atoms with Crippen molar-refractivity contribution in [1.82, 2.24) is 0 Å². The number of methoxy groups -OCH3 is 2. The second-order valence-electron chi connectivity index (χ2n) is 27.8. The molecule has 9 atom stereocenters. The zero-order chi connectivity index (χ0) is 67.4. The molecule has 11 rings (SSSR count). The minimum Gasteiger partial charge on any atom is -0.0622 e. The van der Waals surface area contributed by atoms with Crippen LogP contribution in [-0.4, -0.2) is 28.9 Å². The first-order chi connectivity index (χ1) is 48.4. The van der Waals surface area contributed by atoms with Gasteiger partial charge >= 0.3 is 252 Å². The molecule has 11 aromatic rings. The number of rotatable bonds is 38. The molecule has 0 aliphatic heterocycles. The van der Waals surface area contributed by atoms with E-state index < -0.39 is 14.7 Å². The number of benzene rings is 11. The summed E-state index contributed by atoms with van der Waals surface area (Å²) in [5, 5.41) is 0. The van der Waals surface area contributed by atoms with E-state index in [1.54, 1.807) is 14.2 Å². The molecule has 0 amide bonds. The summed E-state index contributed by atoms with van der Waals surface area (Å²) in [7, 11) is 3.48. The fourth-order valence-corrected chi connectivity index (χ4v) is 20.6. The Morgan fingerprint density at radius 1 is 0.224 bits per heavy atom. The van der Waals surface area contributed by atoms with Crippen LogP contribution in [0.1, 0.15) is 220 Å². The molecule has 0 spiro atoms. The van der Waals surface area contributed by atoms with Crippen LogP contribution in [0.25, 0.3) is 0 Å². The van der Waals surface area contributed by atoms with Crippen LogP contribution in [0, 0.1) is 0 Å². The van der Waals surface area contributed by atoms with Crippen LogP contribution in [0.15, 0.2) is 315 Å². The Bertz CT molecular complexity index is 3880. The molecular weight excluding hydrogens is 1250 g/mol. The van der Waals surface area contributed by atoms with Gasteiger partial charge in [0.15, 0.2) is 0 Å². The second-order valence-corrected chi connectivity index (χ2v) is 32.4. The quantitative estimate of drug-likeness (QED) is 0.0359. The van der Waals surface area contributed by atoms with Gasteiger partial charge in [-0.2, -0.15) is 0 Å².